The van der Waals surface area contributed by atoms with Crippen LogP contribution in [0.4, 0.5) is 19.0 Å². The molecule has 232 valence electrons. The Bertz CT molecular complexity index is 1760. The Labute approximate surface area is 252 Å². The molecule has 0 bridgehead atoms. The zero-order valence-corrected chi connectivity index (χ0v) is 24.4. The van der Waals surface area contributed by atoms with Crippen molar-refractivity contribution in [1.82, 2.24) is 19.9 Å². The number of aromatic nitrogens is 3. The summed E-state index contributed by atoms with van der Waals surface area (Å²) in [7, 11) is 0. The molecule has 0 radical (unpaired) electrons. The summed E-state index contributed by atoms with van der Waals surface area (Å²) in [6, 6.07) is 5.09. The van der Waals surface area contributed by atoms with E-state index in [0.717, 1.165) is 19.4 Å². The molecule has 44 heavy (non-hydrogen) atoms. The minimum Gasteiger partial charge on any atom is -0.508 e. The number of benzene rings is 2. The zero-order chi connectivity index (χ0) is 30.7. The van der Waals surface area contributed by atoms with Gasteiger partial charge in [-0.25, -0.2) is 13.2 Å². The molecule has 3 aliphatic rings. The van der Waals surface area contributed by atoms with Gasteiger partial charge in [-0.3, -0.25) is 9.88 Å². The van der Waals surface area contributed by atoms with E-state index in [2.05, 4.69) is 19.9 Å². The fourth-order valence-electron chi connectivity index (χ4n) is 7.56. The van der Waals surface area contributed by atoms with Crippen LogP contribution in [0, 0.1) is 11.6 Å². The largest absolute Gasteiger partial charge is 0.508 e. The van der Waals surface area contributed by atoms with E-state index in [0.29, 0.717) is 59.9 Å². The van der Waals surface area contributed by atoms with Crippen LogP contribution in [0.5, 0.6) is 11.8 Å². The number of hydrogen-bond donors (Lipinski definition) is 3. The average molecular weight is 609 g/mol. The van der Waals surface area contributed by atoms with Gasteiger partial charge in [-0.15, -0.1) is 0 Å². The highest BCUT2D eigenvalue weighted by atomic mass is 19.1. The molecule has 5 heterocycles. The topological polar surface area (TPSA) is 121 Å². The molecule has 0 amide bonds. The van der Waals surface area contributed by atoms with Gasteiger partial charge in [-0.2, -0.15) is 9.97 Å². The van der Waals surface area contributed by atoms with Gasteiger partial charge in [0.15, 0.2) is 5.82 Å². The first kappa shape index (κ1) is 29.0. The maximum absolute atomic E-state index is 16.7. The van der Waals surface area contributed by atoms with Crippen LogP contribution in [0.15, 0.2) is 30.5 Å². The number of rotatable bonds is 7. The Kier molecular flexibility index (Phi) is 7.25. The minimum atomic E-state index is -0.940. The predicted molar refractivity (Wildman–Crippen MR) is 161 cm³/mol. The summed E-state index contributed by atoms with van der Waals surface area (Å²) in [6.45, 7) is 3.30. The van der Waals surface area contributed by atoms with Crippen LogP contribution in [-0.2, 0) is 6.42 Å². The number of ether oxygens (including phenoxy) is 1. The SMILES string of the molecule is CCc1c(F)ccc2cc(O)cc(-c3ncc4c(N5C[C@H](N)C[C@H]5CO)nc(OC[C@@]56CCCN5C[C@H](F)C6)nc4c3F)c12. The van der Waals surface area contributed by atoms with Crippen molar-refractivity contribution in [2.45, 2.75) is 62.8 Å². The maximum atomic E-state index is 16.7. The number of nitrogens with two attached hydrogens (primary N) is 1. The molecule has 4 N–H and O–H groups in total. The lowest BCUT2D eigenvalue weighted by Crippen LogP contribution is -2.43. The second kappa shape index (κ2) is 11.0. The summed E-state index contributed by atoms with van der Waals surface area (Å²) in [5.41, 5.74) is 6.21. The van der Waals surface area contributed by atoms with Gasteiger partial charge >= 0.3 is 6.01 Å². The molecule has 2 aromatic heterocycles. The molecular weight excluding hydrogens is 573 g/mol. The van der Waals surface area contributed by atoms with E-state index in [4.69, 9.17) is 10.5 Å². The van der Waals surface area contributed by atoms with Crippen LogP contribution in [0.3, 0.4) is 0 Å². The molecule has 9 nitrogen and oxygen atoms in total. The number of aliphatic hydroxyl groups is 1. The summed E-state index contributed by atoms with van der Waals surface area (Å²) in [5, 5.41) is 21.9. The van der Waals surface area contributed by atoms with E-state index in [-0.39, 0.29) is 53.8 Å². The highest BCUT2D eigenvalue weighted by Crippen LogP contribution is 2.42. The van der Waals surface area contributed by atoms with Crippen LogP contribution in [-0.4, -0.2) is 86.7 Å². The van der Waals surface area contributed by atoms with E-state index in [1.54, 1.807) is 13.0 Å². The monoisotopic (exact) mass is 608 g/mol. The molecule has 12 heteroatoms. The second-order valence-corrected chi connectivity index (χ2v) is 12.3. The van der Waals surface area contributed by atoms with E-state index in [1.165, 1.54) is 24.4 Å². The van der Waals surface area contributed by atoms with E-state index in [9.17, 15) is 19.0 Å². The first-order chi connectivity index (χ1) is 21.2. The minimum absolute atomic E-state index is 0.0753. The first-order valence-corrected chi connectivity index (χ1v) is 15.2. The van der Waals surface area contributed by atoms with Gasteiger partial charge in [0.1, 0.15) is 41.4 Å². The lowest BCUT2D eigenvalue weighted by Gasteiger charge is -2.31. The predicted octanol–water partition coefficient (Wildman–Crippen LogP) is 4.24. The Morgan fingerprint density at radius 2 is 2.02 bits per heavy atom. The molecular formula is C32H35F3N6O3. The molecule has 4 aromatic rings. The molecule has 3 saturated heterocycles. The number of aryl methyl sites for hydroxylation is 1. The van der Waals surface area contributed by atoms with Crippen LogP contribution in [0.2, 0.25) is 0 Å². The summed E-state index contributed by atoms with van der Waals surface area (Å²) < 4.78 is 52.2. The Hall–Kier alpha value is -3.74. The summed E-state index contributed by atoms with van der Waals surface area (Å²) in [4.78, 5) is 17.6. The quantitative estimate of drug-likeness (QED) is 0.283. The third-order valence-corrected chi connectivity index (χ3v) is 9.57. The number of aromatic hydroxyl groups is 1. The van der Waals surface area contributed by atoms with Gasteiger partial charge in [0.2, 0.25) is 0 Å². The van der Waals surface area contributed by atoms with Gasteiger partial charge in [0, 0.05) is 37.3 Å². The van der Waals surface area contributed by atoms with Gasteiger partial charge in [-0.05, 0) is 66.8 Å². The number of halogens is 3. The van der Waals surface area contributed by atoms with Crippen molar-refractivity contribution in [3.05, 3.63) is 47.7 Å². The van der Waals surface area contributed by atoms with Gasteiger partial charge in [0.05, 0.1) is 23.6 Å². The normalized spacial score (nSPS) is 25.4. The molecule has 4 atom stereocenters. The Balaban J connectivity index is 1.39. The Morgan fingerprint density at radius 1 is 1.18 bits per heavy atom. The second-order valence-electron chi connectivity index (χ2n) is 12.3. The number of anilines is 1. The first-order valence-electron chi connectivity index (χ1n) is 15.2. The molecule has 0 saturated carbocycles. The fraction of sp³-hybridized carbons (Fsp3) is 0.469. The van der Waals surface area contributed by atoms with Crippen molar-refractivity contribution in [3.8, 4) is 23.0 Å². The van der Waals surface area contributed by atoms with Gasteiger partial charge in [-0.1, -0.05) is 13.0 Å². The third-order valence-electron chi connectivity index (χ3n) is 9.57. The van der Waals surface area contributed by atoms with Crippen molar-refractivity contribution in [1.29, 1.82) is 0 Å². The van der Waals surface area contributed by atoms with Crippen molar-refractivity contribution in [2.24, 2.45) is 5.73 Å². The molecule has 0 unspecified atom stereocenters. The number of hydrogen-bond acceptors (Lipinski definition) is 9. The van der Waals surface area contributed by atoms with E-state index >= 15 is 4.39 Å². The van der Waals surface area contributed by atoms with Crippen molar-refractivity contribution in [2.75, 3.05) is 37.7 Å². The summed E-state index contributed by atoms with van der Waals surface area (Å²) in [6.07, 6.45) is 3.44. The number of fused-ring (bicyclic) bond motifs is 3. The Morgan fingerprint density at radius 3 is 2.82 bits per heavy atom. The molecule has 3 aliphatic heterocycles. The summed E-state index contributed by atoms with van der Waals surface area (Å²) in [5.74, 6) is -1.01. The molecule has 2 aromatic carbocycles. The number of alkyl halides is 1. The van der Waals surface area contributed by atoms with Crippen LogP contribution >= 0.6 is 0 Å². The zero-order valence-electron chi connectivity index (χ0n) is 24.4. The smallest absolute Gasteiger partial charge is 0.319 e. The standard InChI is InChI=1S/C32H35F3N6O3/c1-2-22-25(34)5-4-17-8-21(43)10-23(26(17)22)28-27(35)29-24(12-37-28)30(41-14-19(36)9-20(41)15-42)39-31(38-29)44-16-32-6-3-7-40(32)13-18(33)11-32/h4-5,8,10,12,18-20,42-43H,2-3,6-7,9,11,13-16,36H2,1H3/t18-,19-,20+,32+/m1/s1. The van der Waals surface area contributed by atoms with Crippen molar-refractivity contribution in [3.63, 3.8) is 0 Å². The van der Waals surface area contributed by atoms with E-state index < -0.39 is 23.3 Å². The molecule has 0 aliphatic carbocycles. The number of pyridine rings is 1. The number of phenolic OH excluding ortho intramolecular Hbond substituents is 1. The highest BCUT2D eigenvalue weighted by molar-refractivity contribution is 6.01. The lowest BCUT2D eigenvalue weighted by atomic mass is 9.94. The van der Waals surface area contributed by atoms with Gasteiger partial charge < -0.3 is 25.6 Å². The van der Waals surface area contributed by atoms with Crippen molar-refractivity contribution < 1.29 is 28.1 Å². The van der Waals surface area contributed by atoms with Crippen LogP contribution in [0.25, 0.3) is 32.9 Å². The molecule has 0 spiro atoms. The van der Waals surface area contributed by atoms with E-state index in [1.807, 2.05) is 4.90 Å². The maximum Gasteiger partial charge on any atom is 0.319 e. The number of phenols is 1. The van der Waals surface area contributed by atoms with Crippen LogP contribution < -0.4 is 15.4 Å². The average Bonchev–Trinajstić information content (AvgIpc) is 3.67. The number of aliphatic hydroxyl groups excluding tert-OH is 1. The fourth-order valence-corrected chi connectivity index (χ4v) is 7.56. The lowest BCUT2D eigenvalue weighted by molar-refractivity contribution is 0.107. The van der Waals surface area contributed by atoms with Crippen LogP contribution in [0.1, 0.15) is 38.2 Å². The highest BCUT2D eigenvalue weighted by Gasteiger charge is 2.49. The third kappa shape index (κ3) is 4.70. The number of nitrogens with zero attached hydrogens (tertiary/aromatic N) is 5. The molecule has 3 fully saturated rings. The van der Waals surface area contributed by atoms with Crippen molar-refractivity contribution >= 4 is 27.5 Å². The summed E-state index contributed by atoms with van der Waals surface area (Å²) >= 11 is 0. The molecule has 7 rings (SSSR count). The van der Waals surface area contributed by atoms with Gasteiger partial charge in [0.25, 0.3) is 0 Å².